The molecular formula is C10H13BrO. The van der Waals surface area contributed by atoms with Crippen LogP contribution in [-0.4, -0.2) is 5.11 Å². The van der Waals surface area contributed by atoms with E-state index in [2.05, 4.69) is 36.7 Å². The van der Waals surface area contributed by atoms with Gasteiger partial charge in [-0.1, -0.05) is 32.9 Å². The number of phenols is 1. The van der Waals surface area contributed by atoms with E-state index in [0.29, 0.717) is 5.75 Å². The summed E-state index contributed by atoms with van der Waals surface area (Å²) < 4.78 is 0.759. The lowest BCUT2D eigenvalue weighted by Gasteiger charge is -2.20. The highest BCUT2D eigenvalue weighted by Crippen LogP contribution is 2.35. The molecule has 0 fully saturated rings. The molecule has 0 radical (unpaired) electrons. The first-order valence-electron chi connectivity index (χ1n) is 3.91. The van der Waals surface area contributed by atoms with E-state index in [4.69, 9.17) is 0 Å². The Morgan fingerprint density at radius 1 is 1.25 bits per heavy atom. The van der Waals surface area contributed by atoms with E-state index in [-0.39, 0.29) is 5.41 Å². The highest BCUT2D eigenvalue weighted by Gasteiger charge is 2.18. The highest BCUT2D eigenvalue weighted by atomic mass is 79.9. The molecule has 0 saturated heterocycles. The smallest absolute Gasteiger partial charge is 0.133 e. The van der Waals surface area contributed by atoms with Crippen LogP contribution < -0.4 is 0 Å². The van der Waals surface area contributed by atoms with Crippen LogP contribution in [0.4, 0.5) is 0 Å². The van der Waals surface area contributed by atoms with Crippen LogP contribution in [0.15, 0.2) is 22.7 Å². The maximum Gasteiger partial charge on any atom is 0.133 e. The van der Waals surface area contributed by atoms with E-state index in [0.717, 1.165) is 10.0 Å². The van der Waals surface area contributed by atoms with Crippen molar-refractivity contribution in [2.75, 3.05) is 0 Å². The molecule has 1 aromatic carbocycles. The zero-order valence-corrected chi connectivity index (χ0v) is 9.14. The van der Waals surface area contributed by atoms with Crippen LogP contribution in [0.3, 0.4) is 0 Å². The molecular weight excluding hydrogens is 216 g/mol. The summed E-state index contributed by atoms with van der Waals surface area (Å²) in [6, 6.07) is 5.72. The number of hydrogen-bond acceptors (Lipinski definition) is 1. The van der Waals surface area contributed by atoms with Crippen molar-refractivity contribution >= 4 is 15.9 Å². The van der Waals surface area contributed by atoms with Crippen LogP contribution in [0.25, 0.3) is 0 Å². The standard InChI is InChI=1S/C10H13BrO/c1-10(2,3)7-5-4-6-8(11)9(7)12/h4-6,12H,1-3H3. The molecule has 0 aliphatic heterocycles. The fourth-order valence-electron chi connectivity index (χ4n) is 1.12. The van der Waals surface area contributed by atoms with Gasteiger partial charge in [-0.3, -0.25) is 0 Å². The van der Waals surface area contributed by atoms with E-state index in [9.17, 15) is 5.11 Å². The molecule has 0 unspecified atom stereocenters. The third-order valence-electron chi connectivity index (χ3n) is 1.79. The number of aromatic hydroxyl groups is 1. The van der Waals surface area contributed by atoms with Crippen molar-refractivity contribution in [3.05, 3.63) is 28.2 Å². The molecule has 0 heterocycles. The molecule has 0 aliphatic rings. The second-order valence-electron chi connectivity index (χ2n) is 3.89. The van der Waals surface area contributed by atoms with Gasteiger partial charge >= 0.3 is 0 Å². The molecule has 0 saturated carbocycles. The summed E-state index contributed by atoms with van der Waals surface area (Å²) in [5.41, 5.74) is 0.963. The summed E-state index contributed by atoms with van der Waals surface area (Å²) in [5.74, 6) is 0.352. The molecule has 12 heavy (non-hydrogen) atoms. The van der Waals surface area contributed by atoms with Gasteiger partial charge in [0.15, 0.2) is 0 Å². The first-order valence-corrected chi connectivity index (χ1v) is 4.70. The SMILES string of the molecule is CC(C)(C)c1cccc(Br)c1O. The Morgan fingerprint density at radius 3 is 2.25 bits per heavy atom. The average Bonchev–Trinajstić information content (AvgIpc) is 1.92. The number of rotatable bonds is 0. The molecule has 1 N–H and O–H groups in total. The minimum Gasteiger partial charge on any atom is -0.506 e. The molecule has 66 valence electrons. The molecule has 1 aromatic rings. The maximum atomic E-state index is 9.69. The third-order valence-corrected chi connectivity index (χ3v) is 2.43. The van der Waals surface area contributed by atoms with Crippen molar-refractivity contribution in [3.8, 4) is 5.75 Å². The summed E-state index contributed by atoms with van der Waals surface area (Å²) in [5, 5.41) is 9.69. The Balaban J connectivity index is 3.26. The van der Waals surface area contributed by atoms with Gasteiger partial charge in [0.1, 0.15) is 5.75 Å². The Morgan fingerprint density at radius 2 is 1.83 bits per heavy atom. The summed E-state index contributed by atoms with van der Waals surface area (Å²) in [7, 11) is 0. The fourth-order valence-corrected chi connectivity index (χ4v) is 1.49. The monoisotopic (exact) mass is 228 g/mol. The number of hydrogen-bond donors (Lipinski definition) is 1. The number of benzene rings is 1. The van der Waals surface area contributed by atoms with Crippen molar-refractivity contribution in [3.63, 3.8) is 0 Å². The lowest BCUT2D eigenvalue weighted by molar-refractivity contribution is 0.443. The predicted octanol–water partition coefficient (Wildman–Crippen LogP) is 3.45. The largest absolute Gasteiger partial charge is 0.506 e. The summed E-state index contributed by atoms with van der Waals surface area (Å²) in [6.07, 6.45) is 0. The van der Waals surface area contributed by atoms with Gasteiger partial charge in [-0.05, 0) is 27.4 Å². The second-order valence-corrected chi connectivity index (χ2v) is 4.74. The Hall–Kier alpha value is -0.500. The predicted molar refractivity (Wildman–Crippen MR) is 54.5 cm³/mol. The number of phenolic OH excluding ortho intramolecular Hbond substituents is 1. The van der Waals surface area contributed by atoms with Gasteiger partial charge in [0.2, 0.25) is 0 Å². The Bertz CT molecular complexity index is 286. The van der Waals surface area contributed by atoms with Gasteiger partial charge in [-0.15, -0.1) is 0 Å². The van der Waals surface area contributed by atoms with E-state index in [1.165, 1.54) is 0 Å². The topological polar surface area (TPSA) is 20.2 Å². The van der Waals surface area contributed by atoms with Gasteiger partial charge < -0.3 is 5.11 Å². The molecule has 0 atom stereocenters. The average molecular weight is 229 g/mol. The maximum absolute atomic E-state index is 9.69. The summed E-state index contributed by atoms with van der Waals surface area (Å²) in [6.45, 7) is 6.23. The van der Waals surface area contributed by atoms with E-state index < -0.39 is 0 Å². The zero-order valence-electron chi connectivity index (χ0n) is 7.56. The van der Waals surface area contributed by atoms with Crippen molar-refractivity contribution in [1.29, 1.82) is 0 Å². The van der Waals surface area contributed by atoms with Crippen LogP contribution in [-0.2, 0) is 5.41 Å². The van der Waals surface area contributed by atoms with E-state index >= 15 is 0 Å². The van der Waals surface area contributed by atoms with Gasteiger partial charge in [0, 0.05) is 5.56 Å². The van der Waals surface area contributed by atoms with Gasteiger partial charge in [-0.25, -0.2) is 0 Å². The molecule has 0 aromatic heterocycles. The lowest BCUT2D eigenvalue weighted by Crippen LogP contribution is -2.11. The number of para-hydroxylation sites is 1. The molecule has 0 spiro atoms. The van der Waals surface area contributed by atoms with Crippen LogP contribution in [0.2, 0.25) is 0 Å². The molecule has 1 rings (SSSR count). The summed E-state index contributed by atoms with van der Waals surface area (Å²) in [4.78, 5) is 0. The van der Waals surface area contributed by atoms with Crippen LogP contribution in [0, 0.1) is 0 Å². The first-order chi connectivity index (χ1) is 5.43. The molecule has 0 amide bonds. The van der Waals surface area contributed by atoms with Gasteiger partial charge in [-0.2, -0.15) is 0 Å². The zero-order chi connectivity index (χ0) is 9.35. The molecule has 0 aliphatic carbocycles. The fraction of sp³-hybridized carbons (Fsp3) is 0.400. The molecule has 0 bridgehead atoms. The molecule has 2 heteroatoms. The Labute approximate surface area is 81.6 Å². The Kier molecular flexibility index (Phi) is 2.47. The van der Waals surface area contributed by atoms with E-state index in [1.807, 2.05) is 18.2 Å². The normalized spacial score (nSPS) is 11.7. The van der Waals surface area contributed by atoms with Gasteiger partial charge in [0.05, 0.1) is 4.47 Å². The third kappa shape index (κ3) is 1.81. The van der Waals surface area contributed by atoms with Gasteiger partial charge in [0.25, 0.3) is 0 Å². The quantitative estimate of drug-likeness (QED) is 0.722. The van der Waals surface area contributed by atoms with Crippen LogP contribution in [0.5, 0.6) is 5.75 Å². The number of halogens is 1. The van der Waals surface area contributed by atoms with Crippen molar-refractivity contribution in [2.45, 2.75) is 26.2 Å². The van der Waals surface area contributed by atoms with Crippen LogP contribution >= 0.6 is 15.9 Å². The molecule has 1 nitrogen and oxygen atoms in total. The van der Waals surface area contributed by atoms with Crippen molar-refractivity contribution in [2.24, 2.45) is 0 Å². The summed E-state index contributed by atoms with van der Waals surface area (Å²) >= 11 is 3.29. The minimum absolute atomic E-state index is 0.00609. The van der Waals surface area contributed by atoms with Crippen molar-refractivity contribution in [1.82, 2.24) is 0 Å². The van der Waals surface area contributed by atoms with E-state index in [1.54, 1.807) is 0 Å². The second kappa shape index (κ2) is 3.09. The van der Waals surface area contributed by atoms with Crippen molar-refractivity contribution < 1.29 is 5.11 Å². The minimum atomic E-state index is -0.00609. The van der Waals surface area contributed by atoms with Crippen LogP contribution in [0.1, 0.15) is 26.3 Å². The highest BCUT2D eigenvalue weighted by molar-refractivity contribution is 9.10. The lowest BCUT2D eigenvalue weighted by atomic mass is 9.86. The first kappa shape index (κ1) is 9.59.